The molecule has 0 saturated heterocycles. The molecule has 3 rings (SSSR count). The van der Waals surface area contributed by atoms with Crippen molar-refractivity contribution in [3.63, 3.8) is 0 Å². The zero-order valence-electron chi connectivity index (χ0n) is 18.7. The van der Waals surface area contributed by atoms with E-state index in [9.17, 15) is 9.59 Å². The van der Waals surface area contributed by atoms with Crippen molar-refractivity contribution >= 4 is 17.5 Å². The van der Waals surface area contributed by atoms with E-state index in [0.29, 0.717) is 42.5 Å². The van der Waals surface area contributed by atoms with Crippen LogP contribution in [0.25, 0.3) is 5.69 Å². The Kier molecular flexibility index (Phi) is 7.72. The third-order valence-electron chi connectivity index (χ3n) is 5.25. The fourth-order valence-electron chi connectivity index (χ4n) is 3.37. The van der Waals surface area contributed by atoms with E-state index >= 15 is 0 Å². The zero-order chi connectivity index (χ0) is 23.3. The lowest BCUT2D eigenvalue weighted by atomic mass is 10.1. The van der Waals surface area contributed by atoms with Crippen molar-refractivity contribution in [1.82, 2.24) is 9.88 Å². The molecule has 1 heterocycles. The second-order valence-corrected chi connectivity index (χ2v) is 7.95. The number of benzene rings is 2. The number of amides is 1. The minimum Gasteiger partial charge on any atom is -0.487 e. The summed E-state index contributed by atoms with van der Waals surface area (Å²) in [4.78, 5) is 25.6. The maximum absolute atomic E-state index is 13.2. The van der Waals surface area contributed by atoms with Crippen LogP contribution < -0.4 is 15.6 Å². The molecule has 0 radical (unpaired) electrons. The molecule has 168 valence electrons. The molecule has 0 aliphatic carbocycles. The van der Waals surface area contributed by atoms with Gasteiger partial charge < -0.3 is 14.8 Å². The molecule has 6 nitrogen and oxygen atoms in total. The van der Waals surface area contributed by atoms with Crippen molar-refractivity contribution < 1.29 is 14.3 Å². The van der Waals surface area contributed by atoms with Crippen LogP contribution in [0.2, 0.25) is 5.02 Å². The summed E-state index contributed by atoms with van der Waals surface area (Å²) in [5.74, 6) is 0.0954. The molecule has 0 spiro atoms. The topological polar surface area (TPSA) is 69.6 Å². The molecule has 0 aliphatic heterocycles. The van der Waals surface area contributed by atoms with Gasteiger partial charge in [-0.15, -0.1) is 0 Å². The molecule has 1 amide bonds. The average Bonchev–Trinajstić information content (AvgIpc) is 2.77. The highest BCUT2D eigenvalue weighted by Crippen LogP contribution is 2.26. The number of halogens is 1. The molecule has 0 aliphatic rings. The second kappa shape index (κ2) is 10.5. The molecule has 2 aromatic carbocycles. The van der Waals surface area contributed by atoms with Crippen LogP contribution in [-0.2, 0) is 11.3 Å². The summed E-state index contributed by atoms with van der Waals surface area (Å²) in [5, 5.41) is 2.79. The highest BCUT2D eigenvalue weighted by molar-refractivity contribution is 6.31. The van der Waals surface area contributed by atoms with Crippen LogP contribution in [-0.4, -0.2) is 30.7 Å². The SMILES string of the molecule is COCCNC(=O)c1ccc(C)c(-n2c(C)cc(OCc3ccccc3C)c(Cl)c2=O)c1. The van der Waals surface area contributed by atoms with E-state index < -0.39 is 5.56 Å². The Labute approximate surface area is 192 Å². The van der Waals surface area contributed by atoms with Gasteiger partial charge in [0.1, 0.15) is 17.4 Å². The predicted octanol–water partition coefficient (Wildman–Crippen LogP) is 4.37. The molecule has 0 bridgehead atoms. The van der Waals surface area contributed by atoms with Gasteiger partial charge >= 0.3 is 0 Å². The van der Waals surface area contributed by atoms with E-state index in [-0.39, 0.29) is 10.9 Å². The van der Waals surface area contributed by atoms with Crippen molar-refractivity contribution in [1.29, 1.82) is 0 Å². The molecular formula is C25H27ClN2O4. The molecule has 3 aromatic rings. The smallest absolute Gasteiger partial charge is 0.277 e. The highest BCUT2D eigenvalue weighted by Gasteiger charge is 2.17. The largest absolute Gasteiger partial charge is 0.487 e. The molecular weight excluding hydrogens is 428 g/mol. The zero-order valence-corrected chi connectivity index (χ0v) is 19.5. The minimum atomic E-state index is -0.397. The van der Waals surface area contributed by atoms with Crippen molar-refractivity contribution in [2.75, 3.05) is 20.3 Å². The Morgan fingerprint density at radius 3 is 2.53 bits per heavy atom. The van der Waals surface area contributed by atoms with Gasteiger partial charge in [-0.05, 0) is 49.6 Å². The van der Waals surface area contributed by atoms with Crippen molar-refractivity contribution in [3.8, 4) is 11.4 Å². The third kappa shape index (κ3) is 5.21. The number of ether oxygens (including phenoxy) is 2. The lowest BCUT2D eigenvalue weighted by molar-refractivity contribution is 0.0937. The summed E-state index contributed by atoms with van der Waals surface area (Å²) in [6.45, 7) is 6.82. The van der Waals surface area contributed by atoms with Crippen molar-refractivity contribution in [2.24, 2.45) is 0 Å². The first-order valence-electron chi connectivity index (χ1n) is 10.3. The first-order valence-corrected chi connectivity index (χ1v) is 10.7. The van der Waals surface area contributed by atoms with E-state index in [2.05, 4.69) is 5.32 Å². The molecule has 32 heavy (non-hydrogen) atoms. The van der Waals surface area contributed by atoms with E-state index in [0.717, 1.165) is 16.7 Å². The standard InChI is InChI=1S/C25H27ClN2O4/c1-16-7-5-6-8-20(16)15-32-22-13-18(3)28(25(30)23(22)26)21-14-19(10-9-17(21)2)24(29)27-11-12-31-4/h5-10,13-14H,11-12,15H2,1-4H3,(H,27,29). The number of hydrogen-bond donors (Lipinski definition) is 1. The van der Waals surface area contributed by atoms with Crippen LogP contribution in [0.3, 0.4) is 0 Å². The van der Waals surface area contributed by atoms with E-state index in [1.54, 1.807) is 25.3 Å². The predicted molar refractivity (Wildman–Crippen MR) is 126 cm³/mol. The summed E-state index contributed by atoms with van der Waals surface area (Å²) < 4.78 is 12.4. The van der Waals surface area contributed by atoms with Gasteiger partial charge in [-0.3, -0.25) is 14.2 Å². The van der Waals surface area contributed by atoms with Gasteiger partial charge in [0.2, 0.25) is 0 Å². The first-order chi connectivity index (χ1) is 15.3. The van der Waals surface area contributed by atoms with Crippen LogP contribution in [0, 0.1) is 20.8 Å². The van der Waals surface area contributed by atoms with Crippen LogP contribution >= 0.6 is 11.6 Å². The normalized spacial score (nSPS) is 10.8. The second-order valence-electron chi connectivity index (χ2n) is 7.57. The summed E-state index contributed by atoms with van der Waals surface area (Å²) in [7, 11) is 1.57. The maximum Gasteiger partial charge on any atom is 0.277 e. The Balaban J connectivity index is 1.93. The third-order valence-corrected chi connectivity index (χ3v) is 5.60. The molecule has 0 saturated carbocycles. The van der Waals surface area contributed by atoms with Crippen molar-refractivity contribution in [3.05, 3.63) is 91.9 Å². The molecule has 0 atom stereocenters. The van der Waals surface area contributed by atoms with Gasteiger partial charge in [-0.1, -0.05) is 41.9 Å². The molecule has 0 unspecified atom stereocenters. The van der Waals surface area contributed by atoms with Crippen LogP contribution in [0.1, 0.15) is 32.7 Å². The van der Waals surface area contributed by atoms with E-state index in [1.807, 2.05) is 51.1 Å². The van der Waals surface area contributed by atoms with Crippen LogP contribution in [0.5, 0.6) is 5.75 Å². The van der Waals surface area contributed by atoms with Gasteiger partial charge in [0.15, 0.2) is 0 Å². The summed E-state index contributed by atoms with van der Waals surface area (Å²) in [5.41, 5.74) is 4.26. The Morgan fingerprint density at radius 1 is 1.06 bits per heavy atom. The van der Waals surface area contributed by atoms with E-state index in [4.69, 9.17) is 21.1 Å². The summed E-state index contributed by atoms with van der Waals surface area (Å²) >= 11 is 6.41. The molecule has 0 fully saturated rings. The molecule has 7 heteroatoms. The Morgan fingerprint density at radius 2 is 1.81 bits per heavy atom. The van der Waals surface area contributed by atoms with Crippen LogP contribution in [0.15, 0.2) is 53.3 Å². The van der Waals surface area contributed by atoms with Crippen LogP contribution in [0.4, 0.5) is 0 Å². The number of methoxy groups -OCH3 is 1. The number of nitrogens with zero attached hydrogens (tertiary/aromatic N) is 1. The lowest BCUT2D eigenvalue weighted by Gasteiger charge is -2.17. The number of carbonyl (C=O) groups is 1. The molecule has 1 N–H and O–H groups in total. The maximum atomic E-state index is 13.2. The number of carbonyl (C=O) groups excluding carboxylic acids is 1. The van der Waals surface area contributed by atoms with Gasteiger partial charge in [-0.2, -0.15) is 0 Å². The monoisotopic (exact) mass is 454 g/mol. The summed E-state index contributed by atoms with van der Waals surface area (Å²) in [6, 6.07) is 14.9. The van der Waals surface area contributed by atoms with E-state index in [1.165, 1.54) is 4.57 Å². The fourth-order valence-corrected chi connectivity index (χ4v) is 3.57. The van der Waals surface area contributed by atoms with Gasteiger partial charge in [0, 0.05) is 31.0 Å². The number of hydrogen-bond acceptors (Lipinski definition) is 4. The minimum absolute atomic E-state index is 0.00136. The Bertz CT molecular complexity index is 1190. The Hall–Kier alpha value is -3.09. The number of pyridine rings is 1. The summed E-state index contributed by atoms with van der Waals surface area (Å²) in [6.07, 6.45) is 0. The van der Waals surface area contributed by atoms with Gasteiger partial charge in [0.05, 0.1) is 12.3 Å². The van der Waals surface area contributed by atoms with Gasteiger partial charge in [0.25, 0.3) is 11.5 Å². The highest BCUT2D eigenvalue weighted by atomic mass is 35.5. The first kappa shape index (κ1) is 23.6. The number of aryl methyl sites for hydroxylation is 3. The quantitative estimate of drug-likeness (QED) is 0.513. The number of nitrogens with one attached hydrogen (secondary N) is 1. The number of aromatic nitrogens is 1. The van der Waals surface area contributed by atoms with Crippen molar-refractivity contribution in [2.45, 2.75) is 27.4 Å². The fraction of sp³-hybridized carbons (Fsp3) is 0.280. The lowest BCUT2D eigenvalue weighted by Crippen LogP contribution is -2.27. The number of rotatable bonds is 8. The molecule has 1 aromatic heterocycles. The van der Waals surface area contributed by atoms with Gasteiger partial charge in [-0.25, -0.2) is 0 Å². The average molecular weight is 455 g/mol.